The number of halogens is 1. The maximum absolute atomic E-state index is 11.0. The van der Waals surface area contributed by atoms with E-state index in [1.54, 1.807) is 0 Å². The zero-order valence-electron chi connectivity index (χ0n) is 12.8. The highest BCUT2D eigenvalue weighted by molar-refractivity contribution is 6.31. The quantitative estimate of drug-likeness (QED) is 0.893. The molecule has 1 saturated heterocycles. The molecule has 1 aliphatic carbocycles. The summed E-state index contributed by atoms with van der Waals surface area (Å²) in [5.74, 6) is -0.923. The number of aliphatic carboxylic acids is 1. The number of carbonyl (C=O) groups is 1. The van der Waals surface area contributed by atoms with E-state index in [9.17, 15) is 4.79 Å². The van der Waals surface area contributed by atoms with Crippen LogP contribution in [0.4, 0.5) is 0 Å². The second-order valence-corrected chi connectivity index (χ2v) is 6.98. The summed E-state index contributed by atoms with van der Waals surface area (Å²) >= 11 is 6.15. The van der Waals surface area contributed by atoms with Crippen LogP contribution in [-0.2, 0) is 16.1 Å². The van der Waals surface area contributed by atoms with E-state index < -0.39 is 5.97 Å². The van der Waals surface area contributed by atoms with Crippen molar-refractivity contribution in [2.24, 2.45) is 5.92 Å². The predicted octanol–water partition coefficient (Wildman–Crippen LogP) is 3.15. The molecule has 5 heteroatoms. The number of rotatable bonds is 4. The Labute approximate surface area is 135 Å². The molecule has 0 amide bonds. The Balaban J connectivity index is 1.55. The largest absolute Gasteiger partial charge is 0.481 e. The summed E-state index contributed by atoms with van der Waals surface area (Å²) in [6.45, 7) is 3.53. The Morgan fingerprint density at radius 3 is 2.95 bits per heavy atom. The van der Waals surface area contributed by atoms with Crippen molar-refractivity contribution in [3.63, 3.8) is 0 Å². The molecule has 1 spiro atoms. The summed E-state index contributed by atoms with van der Waals surface area (Å²) < 4.78 is 5.88. The van der Waals surface area contributed by atoms with Crippen LogP contribution in [0.1, 0.15) is 36.8 Å². The molecule has 0 radical (unpaired) electrons. The van der Waals surface area contributed by atoms with Gasteiger partial charge in [-0.15, -0.1) is 0 Å². The first-order chi connectivity index (χ1) is 10.5. The minimum absolute atomic E-state index is 0.206. The van der Waals surface area contributed by atoms with Crippen molar-refractivity contribution in [1.29, 1.82) is 0 Å². The van der Waals surface area contributed by atoms with Gasteiger partial charge in [-0.05, 0) is 49.8 Å². The van der Waals surface area contributed by atoms with Gasteiger partial charge in [0.2, 0.25) is 0 Å². The lowest BCUT2D eigenvalue weighted by molar-refractivity contribution is -0.181. The first-order valence-electron chi connectivity index (χ1n) is 7.83. The fraction of sp³-hybridized carbons (Fsp3) is 0.588. The van der Waals surface area contributed by atoms with Gasteiger partial charge in [0, 0.05) is 24.2 Å². The first kappa shape index (κ1) is 15.8. The average molecular weight is 324 g/mol. The van der Waals surface area contributed by atoms with E-state index in [1.165, 1.54) is 5.56 Å². The van der Waals surface area contributed by atoms with Gasteiger partial charge < -0.3 is 15.2 Å². The monoisotopic (exact) mass is 323 g/mol. The van der Waals surface area contributed by atoms with Crippen molar-refractivity contribution in [2.75, 3.05) is 6.61 Å². The summed E-state index contributed by atoms with van der Waals surface area (Å²) in [5.41, 5.74) is 2.13. The van der Waals surface area contributed by atoms with Crippen molar-refractivity contribution in [3.8, 4) is 0 Å². The lowest BCUT2D eigenvalue weighted by Gasteiger charge is -2.50. The molecule has 1 aliphatic heterocycles. The maximum atomic E-state index is 11.0. The van der Waals surface area contributed by atoms with E-state index in [4.69, 9.17) is 21.4 Å². The van der Waals surface area contributed by atoms with Gasteiger partial charge in [0.05, 0.1) is 11.5 Å². The van der Waals surface area contributed by atoms with Gasteiger partial charge in [-0.1, -0.05) is 23.7 Å². The van der Waals surface area contributed by atoms with E-state index in [-0.39, 0.29) is 11.5 Å². The third kappa shape index (κ3) is 3.14. The van der Waals surface area contributed by atoms with Crippen LogP contribution < -0.4 is 5.32 Å². The molecule has 2 fully saturated rings. The third-order valence-corrected chi connectivity index (χ3v) is 5.45. The summed E-state index contributed by atoms with van der Waals surface area (Å²) in [6.07, 6.45) is 3.17. The topological polar surface area (TPSA) is 58.6 Å². The number of hydrogen-bond acceptors (Lipinski definition) is 3. The third-order valence-electron chi connectivity index (χ3n) is 5.04. The summed E-state index contributed by atoms with van der Waals surface area (Å²) in [7, 11) is 0. The Morgan fingerprint density at radius 2 is 2.23 bits per heavy atom. The van der Waals surface area contributed by atoms with Crippen LogP contribution >= 0.6 is 11.6 Å². The molecular weight excluding hydrogens is 302 g/mol. The molecule has 1 atom stereocenters. The normalized spacial score (nSPS) is 31.0. The van der Waals surface area contributed by atoms with Crippen molar-refractivity contribution in [2.45, 2.75) is 50.8 Å². The van der Waals surface area contributed by atoms with Gasteiger partial charge in [0.15, 0.2) is 0 Å². The van der Waals surface area contributed by atoms with Crippen LogP contribution in [-0.4, -0.2) is 29.3 Å². The van der Waals surface area contributed by atoms with E-state index in [0.717, 1.165) is 30.0 Å². The highest BCUT2D eigenvalue weighted by Gasteiger charge is 2.51. The van der Waals surface area contributed by atoms with Crippen LogP contribution in [0, 0.1) is 12.8 Å². The fourth-order valence-corrected chi connectivity index (χ4v) is 3.79. The summed E-state index contributed by atoms with van der Waals surface area (Å²) in [4.78, 5) is 11.0. The van der Waals surface area contributed by atoms with Gasteiger partial charge in [-0.3, -0.25) is 4.79 Å². The second kappa shape index (κ2) is 6.19. The molecule has 0 bridgehead atoms. The first-order valence-corrected chi connectivity index (χ1v) is 8.21. The van der Waals surface area contributed by atoms with Gasteiger partial charge in [0.25, 0.3) is 0 Å². The van der Waals surface area contributed by atoms with E-state index >= 15 is 0 Å². The number of ether oxygens (including phenoxy) is 1. The van der Waals surface area contributed by atoms with Crippen molar-refractivity contribution in [1.82, 2.24) is 5.32 Å². The van der Waals surface area contributed by atoms with Crippen molar-refractivity contribution >= 4 is 17.6 Å². The SMILES string of the molecule is Cc1c(Cl)cccc1CNC1CCOC2(C1)CC(C(=O)O)C2. The maximum Gasteiger partial charge on any atom is 0.306 e. The van der Waals surface area contributed by atoms with E-state index in [0.29, 0.717) is 25.5 Å². The van der Waals surface area contributed by atoms with Gasteiger partial charge >= 0.3 is 5.97 Å². The number of hydrogen-bond donors (Lipinski definition) is 2. The van der Waals surface area contributed by atoms with Gasteiger partial charge in [-0.25, -0.2) is 0 Å². The molecular formula is C17H22ClNO3. The highest BCUT2D eigenvalue weighted by atomic mass is 35.5. The number of nitrogens with one attached hydrogen (secondary N) is 1. The Kier molecular flexibility index (Phi) is 4.44. The van der Waals surface area contributed by atoms with Gasteiger partial charge in [-0.2, -0.15) is 0 Å². The smallest absolute Gasteiger partial charge is 0.306 e. The zero-order valence-corrected chi connectivity index (χ0v) is 13.5. The standard InChI is InChI=1S/C17H22ClNO3/c1-11-12(3-2-4-15(11)18)10-19-14-5-6-22-17(9-14)7-13(8-17)16(20)21/h2-4,13-14,19H,5-10H2,1H3,(H,20,21). The Bertz CT molecular complexity index is 569. The highest BCUT2D eigenvalue weighted by Crippen LogP contribution is 2.46. The van der Waals surface area contributed by atoms with Crippen molar-refractivity contribution in [3.05, 3.63) is 34.3 Å². The second-order valence-electron chi connectivity index (χ2n) is 6.57. The molecule has 4 nitrogen and oxygen atoms in total. The van der Waals surface area contributed by atoms with Crippen LogP contribution in [0.25, 0.3) is 0 Å². The van der Waals surface area contributed by atoms with Crippen LogP contribution in [0.5, 0.6) is 0 Å². The molecule has 120 valence electrons. The summed E-state index contributed by atoms with van der Waals surface area (Å²) in [5, 5.41) is 13.4. The van der Waals surface area contributed by atoms with E-state index in [1.807, 2.05) is 19.1 Å². The van der Waals surface area contributed by atoms with Gasteiger partial charge in [0.1, 0.15) is 0 Å². The summed E-state index contributed by atoms with van der Waals surface area (Å²) in [6, 6.07) is 6.35. The zero-order chi connectivity index (χ0) is 15.7. The molecule has 2 aliphatic rings. The molecule has 1 aromatic carbocycles. The molecule has 3 rings (SSSR count). The molecule has 0 aromatic heterocycles. The van der Waals surface area contributed by atoms with Crippen molar-refractivity contribution < 1.29 is 14.6 Å². The number of carboxylic acids is 1. The lowest BCUT2D eigenvalue weighted by Crippen LogP contribution is -2.55. The van der Waals surface area contributed by atoms with Crippen LogP contribution in [0.3, 0.4) is 0 Å². The Hall–Kier alpha value is -1.10. The molecule has 1 heterocycles. The molecule has 1 saturated carbocycles. The molecule has 2 N–H and O–H groups in total. The number of benzene rings is 1. The molecule has 1 unspecified atom stereocenters. The fourth-order valence-electron chi connectivity index (χ4n) is 3.60. The molecule has 1 aromatic rings. The molecule has 22 heavy (non-hydrogen) atoms. The number of carboxylic acid groups (broad SMARTS) is 1. The lowest BCUT2D eigenvalue weighted by atomic mass is 9.66. The van der Waals surface area contributed by atoms with Crippen LogP contribution in [0.15, 0.2) is 18.2 Å². The average Bonchev–Trinajstić information content (AvgIpc) is 2.46. The minimum Gasteiger partial charge on any atom is -0.481 e. The van der Waals surface area contributed by atoms with Crippen LogP contribution in [0.2, 0.25) is 5.02 Å². The Morgan fingerprint density at radius 1 is 1.45 bits per heavy atom. The van der Waals surface area contributed by atoms with E-state index in [2.05, 4.69) is 11.4 Å². The minimum atomic E-state index is -0.696. The predicted molar refractivity (Wildman–Crippen MR) is 85.1 cm³/mol.